The molecule has 0 spiro atoms. The summed E-state index contributed by atoms with van der Waals surface area (Å²) in [4.78, 5) is 25.9. The highest BCUT2D eigenvalue weighted by atomic mass is 16.5. The maximum atomic E-state index is 12.8. The standard InChI is InChI=1S/C19H20N2O3/c1-12-3-5-14(6-4-12)9-18-19(23)21(11-13(2)22)16-10-15(20)7-8-17(16)24-18/h3-8,10,18H,9,11,20H2,1-2H3. The van der Waals surface area contributed by atoms with Crippen LogP contribution in [0.15, 0.2) is 42.5 Å². The number of carbonyl (C=O) groups is 2. The Labute approximate surface area is 141 Å². The molecular weight excluding hydrogens is 304 g/mol. The minimum absolute atomic E-state index is 0.0169. The van der Waals surface area contributed by atoms with Crippen molar-refractivity contribution < 1.29 is 14.3 Å². The zero-order valence-electron chi connectivity index (χ0n) is 13.8. The molecule has 3 rings (SSSR count). The van der Waals surface area contributed by atoms with Gasteiger partial charge in [0.05, 0.1) is 12.2 Å². The van der Waals surface area contributed by atoms with Gasteiger partial charge in [0, 0.05) is 12.1 Å². The first kappa shape index (κ1) is 16.1. The predicted octanol–water partition coefficient (Wildman–Crippen LogP) is 2.50. The lowest BCUT2D eigenvalue weighted by molar-refractivity contribution is -0.128. The minimum atomic E-state index is -0.650. The largest absolute Gasteiger partial charge is 0.478 e. The lowest BCUT2D eigenvalue weighted by Gasteiger charge is -2.34. The number of aryl methyl sites for hydroxylation is 1. The highest BCUT2D eigenvalue weighted by Crippen LogP contribution is 2.36. The molecule has 0 aromatic heterocycles. The van der Waals surface area contributed by atoms with Crippen LogP contribution in [0.5, 0.6) is 5.75 Å². The van der Waals surface area contributed by atoms with Crippen LogP contribution in [0, 0.1) is 6.92 Å². The first-order valence-electron chi connectivity index (χ1n) is 7.86. The minimum Gasteiger partial charge on any atom is -0.478 e. The van der Waals surface area contributed by atoms with E-state index < -0.39 is 6.10 Å². The van der Waals surface area contributed by atoms with Gasteiger partial charge >= 0.3 is 0 Å². The van der Waals surface area contributed by atoms with E-state index >= 15 is 0 Å². The number of Topliss-reactive ketones (excluding diaryl/α,β-unsaturated/α-hetero) is 1. The Hall–Kier alpha value is -2.82. The fourth-order valence-corrected chi connectivity index (χ4v) is 2.79. The second-order valence-electron chi connectivity index (χ2n) is 6.15. The predicted molar refractivity (Wildman–Crippen MR) is 93.2 cm³/mol. The number of nitrogen functional groups attached to an aromatic ring is 1. The Morgan fingerprint density at radius 2 is 1.92 bits per heavy atom. The van der Waals surface area contributed by atoms with Crippen LogP contribution in [0.25, 0.3) is 0 Å². The third-order valence-corrected chi connectivity index (χ3v) is 4.01. The van der Waals surface area contributed by atoms with Gasteiger partial charge in [0.25, 0.3) is 5.91 Å². The average Bonchev–Trinajstić information content (AvgIpc) is 2.54. The van der Waals surface area contributed by atoms with Gasteiger partial charge in [0.1, 0.15) is 11.5 Å². The van der Waals surface area contributed by atoms with E-state index in [0.717, 1.165) is 11.1 Å². The zero-order valence-corrected chi connectivity index (χ0v) is 13.8. The molecule has 2 N–H and O–H groups in total. The van der Waals surface area contributed by atoms with Gasteiger partial charge in [-0.25, -0.2) is 0 Å². The van der Waals surface area contributed by atoms with Gasteiger partial charge in [-0.2, -0.15) is 0 Å². The number of ketones is 1. The Kier molecular flexibility index (Phi) is 4.25. The van der Waals surface area contributed by atoms with Crippen molar-refractivity contribution in [1.82, 2.24) is 0 Å². The second kappa shape index (κ2) is 6.35. The van der Waals surface area contributed by atoms with Gasteiger partial charge in [-0.05, 0) is 37.6 Å². The number of benzene rings is 2. The lowest BCUT2D eigenvalue weighted by atomic mass is 10.0. The first-order chi connectivity index (χ1) is 11.4. The summed E-state index contributed by atoms with van der Waals surface area (Å²) in [5.74, 6) is 0.263. The molecule has 1 aliphatic heterocycles. The van der Waals surface area contributed by atoms with Crippen LogP contribution in [-0.2, 0) is 16.0 Å². The fourth-order valence-electron chi connectivity index (χ4n) is 2.79. The van der Waals surface area contributed by atoms with Crippen molar-refractivity contribution in [3.63, 3.8) is 0 Å². The van der Waals surface area contributed by atoms with Crippen LogP contribution in [0.4, 0.5) is 11.4 Å². The zero-order chi connectivity index (χ0) is 17.3. The van der Waals surface area contributed by atoms with Crippen LogP contribution in [0.1, 0.15) is 18.1 Å². The van der Waals surface area contributed by atoms with Crippen LogP contribution < -0.4 is 15.4 Å². The number of nitrogens with zero attached hydrogens (tertiary/aromatic N) is 1. The van der Waals surface area contributed by atoms with E-state index in [1.54, 1.807) is 18.2 Å². The van der Waals surface area contributed by atoms with Crippen LogP contribution in [0.3, 0.4) is 0 Å². The molecule has 0 aliphatic carbocycles. The molecule has 24 heavy (non-hydrogen) atoms. The molecule has 0 saturated heterocycles. The third-order valence-electron chi connectivity index (χ3n) is 4.01. The van der Waals surface area contributed by atoms with Gasteiger partial charge < -0.3 is 10.5 Å². The smallest absolute Gasteiger partial charge is 0.268 e. The molecule has 5 heteroatoms. The maximum Gasteiger partial charge on any atom is 0.268 e. The Bertz CT molecular complexity index is 784. The molecule has 1 heterocycles. The molecule has 0 radical (unpaired) electrons. The van der Waals surface area contributed by atoms with Crippen molar-refractivity contribution in [2.24, 2.45) is 0 Å². The van der Waals surface area contributed by atoms with Crippen LogP contribution in [-0.4, -0.2) is 24.3 Å². The van der Waals surface area contributed by atoms with Gasteiger partial charge in [0.15, 0.2) is 6.10 Å². The molecule has 124 valence electrons. The molecule has 2 aromatic rings. The average molecular weight is 324 g/mol. The maximum absolute atomic E-state index is 12.8. The Morgan fingerprint density at radius 1 is 1.21 bits per heavy atom. The molecule has 0 fully saturated rings. The molecule has 0 saturated carbocycles. The van der Waals surface area contributed by atoms with Crippen molar-refractivity contribution in [1.29, 1.82) is 0 Å². The normalized spacial score (nSPS) is 16.5. The van der Waals surface area contributed by atoms with E-state index in [0.29, 0.717) is 23.5 Å². The number of hydrogen-bond donors (Lipinski definition) is 1. The van der Waals surface area contributed by atoms with Crippen LogP contribution >= 0.6 is 0 Å². The van der Waals surface area contributed by atoms with Crippen molar-refractivity contribution in [3.05, 3.63) is 53.6 Å². The highest BCUT2D eigenvalue weighted by Gasteiger charge is 2.35. The summed E-state index contributed by atoms with van der Waals surface area (Å²) >= 11 is 0. The Morgan fingerprint density at radius 3 is 2.58 bits per heavy atom. The molecule has 1 aliphatic rings. The SMILES string of the molecule is CC(=O)CN1C(=O)C(Cc2ccc(C)cc2)Oc2ccc(N)cc21. The quantitative estimate of drug-likeness (QED) is 0.877. The summed E-state index contributed by atoms with van der Waals surface area (Å²) in [6.45, 7) is 3.49. The van der Waals surface area contributed by atoms with Crippen molar-refractivity contribution in [2.45, 2.75) is 26.4 Å². The van der Waals surface area contributed by atoms with Crippen LogP contribution in [0.2, 0.25) is 0 Å². The molecule has 0 bridgehead atoms. The summed E-state index contributed by atoms with van der Waals surface area (Å²) in [7, 11) is 0. The number of amides is 1. The number of anilines is 2. The monoisotopic (exact) mass is 324 g/mol. The van der Waals surface area contributed by atoms with E-state index in [9.17, 15) is 9.59 Å². The molecule has 1 amide bonds. The van der Waals surface area contributed by atoms with E-state index in [1.807, 2.05) is 31.2 Å². The Balaban J connectivity index is 1.92. The number of ether oxygens (including phenoxy) is 1. The number of hydrogen-bond acceptors (Lipinski definition) is 4. The topological polar surface area (TPSA) is 72.6 Å². The first-order valence-corrected chi connectivity index (χ1v) is 7.86. The van der Waals surface area contributed by atoms with E-state index in [-0.39, 0.29) is 18.2 Å². The fraction of sp³-hybridized carbons (Fsp3) is 0.263. The summed E-state index contributed by atoms with van der Waals surface area (Å²) in [5.41, 5.74) is 9.06. The molecule has 5 nitrogen and oxygen atoms in total. The molecular formula is C19H20N2O3. The summed E-state index contributed by atoms with van der Waals surface area (Å²) in [6.07, 6.45) is -0.194. The van der Waals surface area contributed by atoms with Crippen molar-refractivity contribution >= 4 is 23.1 Å². The number of nitrogens with two attached hydrogens (primary N) is 1. The number of carbonyl (C=O) groups excluding carboxylic acids is 2. The number of rotatable bonds is 4. The van der Waals surface area contributed by atoms with Gasteiger partial charge in [-0.3, -0.25) is 14.5 Å². The van der Waals surface area contributed by atoms with E-state index in [2.05, 4.69) is 0 Å². The third kappa shape index (κ3) is 3.25. The summed E-state index contributed by atoms with van der Waals surface area (Å²) < 4.78 is 5.89. The van der Waals surface area contributed by atoms with E-state index in [1.165, 1.54) is 11.8 Å². The van der Waals surface area contributed by atoms with Gasteiger partial charge in [-0.1, -0.05) is 29.8 Å². The highest BCUT2D eigenvalue weighted by molar-refractivity contribution is 6.04. The molecule has 2 aromatic carbocycles. The second-order valence-corrected chi connectivity index (χ2v) is 6.15. The van der Waals surface area contributed by atoms with Gasteiger partial charge in [0.2, 0.25) is 0 Å². The number of fused-ring (bicyclic) bond motifs is 1. The van der Waals surface area contributed by atoms with Crippen molar-refractivity contribution in [2.75, 3.05) is 17.2 Å². The van der Waals surface area contributed by atoms with Gasteiger partial charge in [-0.15, -0.1) is 0 Å². The summed E-state index contributed by atoms with van der Waals surface area (Å²) in [6, 6.07) is 13.1. The molecule has 1 atom stereocenters. The lowest BCUT2D eigenvalue weighted by Crippen LogP contribution is -2.48. The van der Waals surface area contributed by atoms with E-state index in [4.69, 9.17) is 10.5 Å². The van der Waals surface area contributed by atoms with Crippen molar-refractivity contribution in [3.8, 4) is 5.75 Å². The summed E-state index contributed by atoms with van der Waals surface area (Å²) in [5, 5.41) is 0. The molecule has 1 unspecified atom stereocenters.